The smallest absolute Gasteiger partial charge is 0.354 e. The molecule has 8 nitrogen and oxygen atoms in total. The first kappa shape index (κ1) is 15.1. The second kappa shape index (κ2) is 6.25. The summed E-state index contributed by atoms with van der Waals surface area (Å²) in [4.78, 5) is 25.7. The molecule has 19 heavy (non-hydrogen) atoms. The van der Waals surface area contributed by atoms with E-state index in [1.54, 1.807) is 0 Å². The van der Waals surface area contributed by atoms with Crippen molar-refractivity contribution in [1.82, 2.24) is 15.0 Å². The molecular formula is C10H13N3O5S. The van der Waals surface area contributed by atoms with Crippen LogP contribution in [0.15, 0.2) is 18.3 Å². The number of aromatic nitrogens is 1. The lowest BCUT2D eigenvalue weighted by Gasteiger charge is -2.05. The molecule has 0 fully saturated rings. The van der Waals surface area contributed by atoms with Gasteiger partial charge in [0.15, 0.2) is 0 Å². The van der Waals surface area contributed by atoms with E-state index in [1.807, 2.05) is 0 Å². The van der Waals surface area contributed by atoms with Crippen LogP contribution in [0.1, 0.15) is 20.8 Å². The molecule has 0 aliphatic heterocycles. The van der Waals surface area contributed by atoms with Crippen molar-refractivity contribution in [2.45, 2.75) is 0 Å². The summed E-state index contributed by atoms with van der Waals surface area (Å²) in [6.45, 7) is -0.0529. The van der Waals surface area contributed by atoms with Gasteiger partial charge in [0.25, 0.3) is 5.91 Å². The Bertz CT molecular complexity index is 567. The Morgan fingerprint density at radius 1 is 1.37 bits per heavy atom. The minimum absolute atomic E-state index is 0.0529. The average Bonchev–Trinajstić information content (AvgIpc) is 2.38. The van der Waals surface area contributed by atoms with Crippen LogP contribution in [0.5, 0.6) is 0 Å². The second-order valence-corrected chi connectivity index (χ2v) is 5.56. The third kappa shape index (κ3) is 4.64. The number of amides is 1. The van der Waals surface area contributed by atoms with Gasteiger partial charge in [0.05, 0.1) is 11.3 Å². The molecular weight excluding hydrogens is 274 g/mol. The molecule has 0 aromatic carbocycles. The van der Waals surface area contributed by atoms with Crippen LogP contribution in [0.2, 0.25) is 0 Å². The monoisotopic (exact) mass is 287 g/mol. The fraction of sp³-hybridized carbons (Fsp3) is 0.300. The van der Waals surface area contributed by atoms with Crippen molar-refractivity contribution in [1.29, 1.82) is 0 Å². The Balaban J connectivity index is 2.57. The van der Waals surface area contributed by atoms with E-state index >= 15 is 0 Å². The molecule has 1 amide bonds. The number of nitrogens with zero attached hydrogens (tertiary/aromatic N) is 1. The lowest BCUT2D eigenvalue weighted by atomic mass is 10.2. The number of nitrogens with one attached hydrogen (secondary N) is 2. The number of carboxylic acids is 1. The number of carboxylic acid groups (broad SMARTS) is 1. The highest BCUT2D eigenvalue weighted by molar-refractivity contribution is 7.89. The van der Waals surface area contributed by atoms with Crippen molar-refractivity contribution >= 4 is 21.9 Å². The SMILES string of the molecule is CNS(=O)(=O)CCNC(=O)c1ccc(C(=O)O)nc1. The zero-order valence-corrected chi connectivity index (χ0v) is 10.9. The molecule has 0 aliphatic rings. The van der Waals surface area contributed by atoms with E-state index in [1.165, 1.54) is 19.2 Å². The topological polar surface area (TPSA) is 125 Å². The molecule has 3 N–H and O–H groups in total. The van der Waals surface area contributed by atoms with Gasteiger partial charge in [-0.1, -0.05) is 0 Å². The van der Waals surface area contributed by atoms with Crippen LogP contribution in [-0.4, -0.2) is 49.7 Å². The molecule has 104 valence electrons. The minimum Gasteiger partial charge on any atom is -0.477 e. The fourth-order valence-corrected chi connectivity index (χ4v) is 1.73. The number of sulfonamides is 1. The van der Waals surface area contributed by atoms with Gasteiger partial charge in [0.1, 0.15) is 5.69 Å². The van der Waals surface area contributed by atoms with Gasteiger partial charge in [-0.2, -0.15) is 0 Å². The van der Waals surface area contributed by atoms with E-state index < -0.39 is 21.9 Å². The average molecular weight is 287 g/mol. The number of hydrogen-bond donors (Lipinski definition) is 3. The van der Waals surface area contributed by atoms with Gasteiger partial charge < -0.3 is 10.4 Å². The van der Waals surface area contributed by atoms with Gasteiger partial charge >= 0.3 is 5.97 Å². The Hall–Kier alpha value is -2.00. The van der Waals surface area contributed by atoms with Crippen molar-refractivity contribution in [3.05, 3.63) is 29.6 Å². The van der Waals surface area contributed by atoms with Gasteiger partial charge in [0.2, 0.25) is 10.0 Å². The summed E-state index contributed by atoms with van der Waals surface area (Å²) in [5.41, 5.74) is -0.0128. The summed E-state index contributed by atoms with van der Waals surface area (Å²) in [6.07, 6.45) is 1.12. The minimum atomic E-state index is -3.37. The summed E-state index contributed by atoms with van der Waals surface area (Å²) in [5, 5.41) is 11.0. The number of carbonyl (C=O) groups excluding carboxylic acids is 1. The number of rotatable bonds is 6. The molecule has 0 unspecified atom stereocenters. The van der Waals surface area contributed by atoms with Crippen molar-refractivity contribution in [2.75, 3.05) is 19.3 Å². The molecule has 0 saturated heterocycles. The number of hydrogen-bond acceptors (Lipinski definition) is 5. The van der Waals surface area contributed by atoms with Gasteiger partial charge in [-0.05, 0) is 19.2 Å². The Kier molecular flexibility index (Phi) is 4.95. The highest BCUT2D eigenvalue weighted by Gasteiger charge is 2.11. The molecule has 0 radical (unpaired) electrons. The molecule has 1 aromatic rings. The van der Waals surface area contributed by atoms with Crippen LogP contribution in [0, 0.1) is 0 Å². The van der Waals surface area contributed by atoms with E-state index in [4.69, 9.17) is 5.11 Å². The van der Waals surface area contributed by atoms with Crippen molar-refractivity contribution in [3.63, 3.8) is 0 Å². The van der Waals surface area contributed by atoms with Crippen LogP contribution in [0.3, 0.4) is 0 Å². The predicted molar refractivity (Wildman–Crippen MR) is 66.4 cm³/mol. The van der Waals surface area contributed by atoms with Crippen LogP contribution < -0.4 is 10.0 Å². The number of pyridine rings is 1. The van der Waals surface area contributed by atoms with E-state index in [0.29, 0.717) is 0 Å². The predicted octanol–water partition coefficient (Wildman–Crippen LogP) is -0.941. The van der Waals surface area contributed by atoms with Gasteiger partial charge in [-0.3, -0.25) is 4.79 Å². The molecule has 0 spiro atoms. The van der Waals surface area contributed by atoms with E-state index in [0.717, 1.165) is 6.20 Å². The first-order valence-corrected chi connectivity index (χ1v) is 6.89. The van der Waals surface area contributed by atoms with E-state index in [-0.39, 0.29) is 23.6 Å². The van der Waals surface area contributed by atoms with Crippen LogP contribution in [-0.2, 0) is 10.0 Å². The van der Waals surface area contributed by atoms with E-state index in [9.17, 15) is 18.0 Å². The normalized spacial score (nSPS) is 11.0. The Labute approximate surface area is 109 Å². The van der Waals surface area contributed by atoms with Crippen molar-refractivity contribution < 1.29 is 23.1 Å². The maximum absolute atomic E-state index is 11.6. The third-order valence-corrected chi connectivity index (χ3v) is 3.58. The molecule has 0 aliphatic carbocycles. The molecule has 1 aromatic heterocycles. The molecule has 1 heterocycles. The van der Waals surface area contributed by atoms with E-state index in [2.05, 4.69) is 15.0 Å². The second-order valence-electron chi connectivity index (χ2n) is 3.52. The highest BCUT2D eigenvalue weighted by atomic mass is 32.2. The van der Waals surface area contributed by atoms with Gasteiger partial charge in [-0.15, -0.1) is 0 Å². The van der Waals surface area contributed by atoms with Gasteiger partial charge in [0, 0.05) is 12.7 Å². The van der Waals surface area contributed by atoms with Crippen molar-refractivity contribution in [3.8, 4) is 0 Å². The molecule has 1 rings (SSSR count). The van der Waals surface area contributed by atoms with Crippen LogP contribution >= 0.6 is 0 Å². The Morgan fingerprint density at radius 2 is 2.05 bits per heavy atom. The maximum Gasteiger partial charge on any atom is 0.354 e. The largest absolute Gasteiger partial charge is 0.477 e. The zero-order chi connectivity index (χ0) is 14.5. The molecule has 0 saturated carbocycles. The highest BCUT2D eigenvalue weighted by Crippen LogP contribution is 2.00. The summed E-state index contributed by atoms with van der Waals surface area (Å²) in [7, 11) is -2.09. The lowest BCUT2D eigenvalue weighted by molar-refractivity contribution is 0.0689. The zero-order valence-electron chi connectivity index (χ0n) is 10.1. The summed E-state index contributed by atoms with van der Waals surface area (Å²) in [6, 6.07) is 2.50. The lowest BCUT2D eigenvalue weighted by Crippen LogP contribution is -2.33. The molecule has 0 atom stereocenters. The molecule has 9 heteroatoms. The number of aromatic carboxylic acids is 1. The van der Waals surface area contributed by atoms with Gasteiger partial charge in [-0.25, -0.2) is 22.9 Å². The maximum atomic E-state index is 11.6. The molecule has 0 bridgehead atoms. The van der Waals surface area contributed by atoms with Crippen molar-refractivity contribution in [2.24, 2.45) is 0 Å². The van der Waals surface area contributed by atoms with Crippen LogP contribution in [0.4, 0.5) is 0 Å². The van der Waals surface area contributed by atoms with Crippen LogP contribution in [0.25, 0.3) is 0 Å². The Morgan fingerprint density at radius 3 is 2.53 bits per heavy atom. The standard InChI is InChI=1S/C10H13N3O5S/c1-11-19(17,18)5-4-12-9(14)7-2-3-8(10(15)16)13-6-7/h2-3,6,11H,4-5H2,1H3,(H,12,14)(H,15,16). The third-order valence-electron chi connectivity index (χ3n) is 2.21. The first-order chi connectivity index (χ1) is 8.85. The summed E-state index contributed by atoms with van der Waals surface area (Å²) < 4.78 is 24.3. The fourth-order valence-electron chi connectivity index (χ4n) is 1.16. The number of carbonyl (C=O) groups is 2. The summed E-state index contributed by atoms with van der Waals surface area (Å²) >= 11 is 0. The summed E-state index contributed by atoms with van der Waals surface area (Å²) in [5.74, 6) is -1.95. The first-order valence-electron chi connectivity index (χ1n) is 5.24. The quantitative estimate of drug-likeness (QED) is 0.620.